The number of hydrogen-bond acceptors (Lipinski definition) is 7. The number of likely N-dealkylation sites (N-methyl/N-ethyl adjacent to an activating group) is 1. The molecule has 9 nitrogen and oxygen atoms in total. The molecule has 0 aliphatic rings. The predicted molar refractivity (Wildman–Crippen MR) is 355 cm³/mol. The van der Waals surface area contributed by atoms with Gasteiger partial charge in [0.05, 0.1) is 34.4 Å². The van der Waals surface area contributed by atoms with Gasteiger partial charge in [-0.3, -0.25) is 9.59 Å². The summed E-state index contributed by atoms with van der Waals surface area (Å²) in [4.78, 5) is 37.6. The predicted octanol–water partition coefficient (Wildman–Crippen LogP) is 21.0. The van der Waals surface area contributed by atoms with Crippen molar-refractivity contribution in [1.82, 2.24) is 0 Å². The van der Waals surface area contributed by atoms with Crippen molar-refractivity contribution in [3.05, 3.63) is 109 Å². The van der Waals surface area contributed by atoms with Gasteiger partial charge in [-0.25, -0.2) is 4.79 Å². The molecule has 476 valence electrons. The number of carboxylic acids is 1. The molecule has 2 unspecified atom stereocenters. The van der Waals surface area contributed by atoms with Crippen molar-refractivity contribution in [1.29, 1.82) is 0 Å². The van der Waals surface area contributed by atoms with Gasteiger partial charge in [0.15, 0.2) is 6.10 Å². The Bertz CT molecular complexity index is 1730. The van der Waals surface area contributed by atoms with E-state index in [2.05, 4.69) is 123 Å². The number of hydrogen-bond donors (Lipinski definition) is 1. The Morgan fingerprint density at radius 2 is 0.651 bits per heavy atom. The second kappa shape index (κ2) is 64.0. The van der Waals surface area contributed by atoms with E-state index in [0.29, 0.717) is 17.4 Å². The number of allylic oxidation sites excluding steroid dienone is 18. The zero-order valence-electron chi connectivity index (χ0n) is 54.3. The molecule has 2 atom stereocenters. The van der Waals surface area contributed by atoms with Gasteiger partial charge in [-0.2, -0.15) is 0 Å². The summed E-state index contributed by atoms with van der Waals surface area (Å²) in [6.45, 7) is 4.66. The fourth-order valence-corrected chi connectivity index (χ4v) is 9.39. The number of unbranched alkanes of at least 4 members (excludes halogenated alkanes) is 29. The van der Waals surface area contributed by atoms with Crippen molar-refractivity contribution in [2.45, 2.75) is 296 Å². The van der Waals surface area contributed by atoms with Crippen LogP contribution in [0, 0.1) is 0 Å². The van der Waals surface area contributed by atoms with E-state index in [4.69, 9.17) is 18.9 Å². The van der Waals surface area contributed by atoms with Crippen LogP contribution in [0.25, 0.3) is 0 Å². The first-order valence-electron chi connectivity index (χ1n) is 34.1. The van der Waals surface area contributed by atoms with Crippen LogP contribution in [0.2, 0.25) is 0 Å². The van der Waals surface area contributed by atoms with E-state index < -0.39 is 24.3 Å². The minimum atomic E-state index is -1.52. The van der Waals surface area contributed by atoms with E-state index >= 15 is 0 Å². The summed E-state index contributed by atoms with van der Waals surface area (Å²) in [5.41, 5.74) is 0. The molecule has 0 saturated heterocycles. The Labute approximate surface area is 511 Å². The van der Waals surface area contributed by atoms with Crippen LogP contribution in [0.4, 0.5) is 0 Å². The molecule has 0 fully saturated rings. The van der Waals surface area contributed by atoms with Crippen LogP contribution in [0.3, 0.4) is 0 Å². The number of carbonyl (C=O) groups excluding carboxylic acids is 2. The molecule has 0 spiro atoms. The van der Waals surface area contributed by atoms with E-state index in [1.54, 1.807) is 0 Å². The highest BCUT2D eigenvalue weighted by molar-refractivity contribution is 5.71. The molecule has 0 aromatic rings. The zero-order chi connectivity index (χ0) is 60.5. The Hall–Kier alpha value is -4.05. The molecule has 0 aromatic heterocycles. The van der Waals surface area contributed by atoms with Crippen molar-refractivity contribution >= 4 is 17.9 Å². The highest BCUT2D eigenvalue weighted by Gasteiger charge is 2.25. The van der Waals surface area contributed by atoms with Gasteiger partial charge in [0.1, 0.15) is 13.2 Å². The topological polar surface area (TPSA) is 108 Å². The SMILES string of the molecule is CC/C=C\C/C=C\C/C=C\C/C=C\C/C=C\CCCCCCCCCCCCCCCCCCCCCCCC(=O)OC(COC(=O)CCCCCCCCCC/C=C\C/C=C\C/C=C\C/C=C\CC)COC(OCC[N+](C)(C)C)C(=O)O. The summed E-state index contributed by atoms with van der Waals surface area (Å²) in [5, 5.41) is 9.74. The summed E-state index contributed by atoms with van der Waals surface area (Å²) >= 11 is 0. The fraction of sp³-hybridized carbons (Fsp3) is 0.716. The lowest BCUT2D eigenvalue weighted by Gasteiger charge is -2.25. The Morgan fingerprint density at radius 1 is 0.361 bits per heavy atom. The van der Waals surface area contributed by atoms with Crippen LogP contribution in [0.5, 0.6) is 0 Å². The first-order valence-corrected chi connectivity index (χ1v) is 34.1. The van der Waals surface area contributed by atoms with Crippen LogP contribution >= 0.6 is 0 Å². The van der Waals surface area contributed by atoms with Crippen molar-refractivity contribution in [2.75, 3.05) is 47.5 Å². The molecule has 0 saturated carbocycles. The van der Waals surface area contributed by atoms with Gasteiger partial charge in [0, 0.05) is 12.8 Å². The Balaban J connectivity index is 4.07. The molecule has 1 N–H and O–H groups in total. The van der Waals surface area contributed by atoms with Gasteiger partial charge in [-0.05, 0) is 96.3 Å². The largest absolute Gasteiger partial charge is 0.477 e. The lowest BCUT2D eigenvalue weighted by molar-refractivity contribution is -0.870. The van der Waals surface area contributed by atoms with Crippen LogP contribution in [0.15, 0.2) is 109 Å². The maximum Gasteiger partial charge on any atom is 0.361 e. The summed E-state index contributed by atoms with van der Waals surface area (Å²) in [6.07, 6.45) is 86.3. The second-order valence-electron chi connectivity index (χ2n) is 23.7. The third-order valence-electron chi connectivity index (χ3n) is 14.5. The molecule has 0 aliphatic carbocycles. The van der Waals surface area contributed by atoms with Gasteiger partial charge >= 0.3 is 17.9 Å². The number of aliphatic carboxylic acids is 1. The lowest BCUT2D eigenvalue weighted by Crippen LogP contribution is -2.40. The van der Waals surface area contributed by atoms with Gasteiger partial charge in [0.2, 0.25) is 0 Å². The molecule has 9 heteroatoms. The molecule has 0 heterocycles. The summed E-state index contributed by atoms with van der Waals surface area (Å²) in [6, 6.07) is 0. The van der Waals surface area contributed by atoms with E-state index in [1.807, 2.05) is 21.1 Å². The Kier molecular flexibility index (Phi) is 60.8. The normalized spacial score (nSPS) is 13.4. The van der Waals surface area contributed by atoms with Gasteiger partial charge in [0.25, 0.3) is 6.29 Å². The molecule has 0 aliphatic heterocycles. The summed E-state index contributed by atoms with van der Waals surface area (Å²) < 4.78 is 23.0. The molecule has 0 aromatic carbocycles. The van der Waals surface area contributed by atoms with Gasteiger partial charge in [-0.1, -0.05) is 284 Å². The minimum absolute atomic E-state index is 0.183. The Morgan fingerprint density at radius 3 is 0.964 bits per heavy atom. The minimum Gasteiger partial charge on any atom is -0.477 e. The van der Waals surface area contributed by atoms with E-state index in [0.717, 1.165) is 109 Å². The average Bonchev–Trinajstić information content (AvgIpc) is 3.46. The van der Waals surface area contributed by atoms with Crippen molar-refractivity contribution in [3.8, 4) is 0 Å². The molecule has 0 rings (SSSR count). The third-order valence-corrected chi connectivity index (χ3v) is 14.5. The lowest BCUT2D eigenvalue weighted by atomic mass is 10.0. The number of nitrogens with zero attached hydrogens (tertiary/aromatic N) is 1. The van der Waals surface area contributed by atoms with E-state index in [9.17, 15) is 19.5 Å². The molecule has 83 heavy (non-hydrogen) atoms. The van der Waals surface area contributed by atoms with Gasteiger partial charge in [-0.15, -0.1) is 0 Å². The number of esters is 2. The number of carboxylic acid groups (broad SMARTS) is 1. The number of rotatable bonds is 62. The molecule has 0 radical (unpaired) electrons. The summed E-state index contributed by atoms with van der Waals surface area (Å²) in [5.74, 6) is -2.01. The molecular weight excluding hydrogens is 1030 g/mol. The summed E-state index contributed by atoms with van der Waals surface area (Å²) in [7, 11) is 5.97. The van der Waals surface area contributed by atoms with Gasteiger partial charge < -0.3 is 28.5 Å². The number of quaternary nitrogens is 1. The fourth-order valence-electron chi connectivity index (χ4n) is 9.39. The maximum atomic E-state index is 12.9. The molecule has 0 bridgehead atoms. The van der Waals surface area contributed by atoms with Crippen molar-refractivity contribution in [3.63, 3.8) is 0 Å². The smallest absolute Gasteiger partial charge is 0.361 e. The highest BCUT2D eigenvalue weighted by Crippen LogP contribution is 2.17. The number of carbonyl (C=O) groups is 3. The highest BCUT2D eigenvalue weighted by atomic mass is 16.7. The maximum absolute atomic E-state index is 12.9. The number of ether oxygens (including phenoxy) is 4. The van der Waals surface area contributed by atoms with Crippen molar-refractivity contribution in [2.24, 2.45) is 0 Å². The zero-order valence-corrected chi connectivity index (χ0v) is 54.3. The average molecular weight is 1160 g/mol. The van der Waals surface area contributed by atoms with Crippen LogP contribution < -0.4 is 0 Å². The monoisotopic (exact) mass is 1160 g/mol. The standard InChI is InChI=1S/C74H127NO8/c1-6-8-10-12-14-16-18-20-22-24-26-28-29-30-31-32-33-34-35-36-37-38-39-40-41-42-43-45-47-49-51-53-55-57-59-61-63-65-72(77)83-70(69-82-74(73(78)79)80-67-66-75(3,4)5)68-81-71(76)64-62-60-58-56-54-52-50-48-46-44-27-25-23-21-19-17-15-13-11-9-7-2/h8-11,14-17,20-23,26-28,30-31,44,70,74H,6-7,12-13,18-19,24-25,29,32-43,45-69H2,1-5H3/p+1/b10-8-,11-9-,16-14-,17-15-,22-20-,23-21-,28-26-,31-30-,44-27-. The second-order valence-corrected chi connectivity index (χ2v) is 23.7. The molecule has 0 amide bonds. The van der Waals surface area contributed by atoms with Crippen molar-refractivity contribution < 1.29 is 42.9 Å². The quantitative estimate of drug-likeness (QED) is 0.0211. The van der Waals surface area contributed by atoms with E-state index in [-0.39, 0.29) is 32.2 Å². The molecular formula is C74H128NO8+. The van der Waals surface area contributed by atoms with E-state index in [1.165, 1.54) is 148 Å². The third kappa shape index (κ3) is 65.3. The van der Waals surface area contributed by atoms with Crippen LogP contribution in [-0.2, 0) is 33.3 Å². The van der Waals surface area contributed by atoms with Crippen LogP contribution in [0.1, 0.15) is 284 Å². The van der Waals surface area contributed by atoms with Crippen LogP contribution in [-0.4, -0.2) is 87.4 Å². The first kappa shape index (κ1) is 79.0. The first-order chi connectivity index (χ1) is 40.6.